The number of carbonyl (C=O) groups excluding carboxylic acids is 2. The van der Waals surface area contributed by atoms with E-state index in [0.717, 1.165) is 33.2 Å². The number of amides is 2. The maximum absolute atomic E-state index is 15.5. The summed E-state index contributed by atoms with van der Waals surface area (Å²) in [6.07, 6.45) is 3.26. The number of aromatic nitrogens is 1. The first-order valence-electron chi connectivity index (χ1n) is 16.0. The molecule has 7 atom stereocenters. The third kappa shape index (κ3) is 7.57. The molecule has 2 amide bonds. The van der Waals surface area contributed by atoms with E-state index >= 15 is 4.39 Å². The fraction of sp³-hybridized carbons (Fsp3) is 0.441. The van der Waals surface area contributed by atoms with Gasteiger partial charge in [0.2, 0.25) is 15.9 Å². The third-order valence-electron chi connectivity index (χ3n) is 9.66. The smallest absolute Gasteiger partial charge is 0.407 e. The topological polar surface area (TPSA) is 121 Å². The van der Waals surface area contributed by atoms with E-state index in [-0.39, 0.29) is 47.1 Å². The Morgan fingerprint density at radius 1 is 1.12 bits per heavy atom. The highest BCUT2D eigenvalue weighted by molar-refractivity contribution is 7.89. The van der Waals surface area contributed by atoms with Crippen molar-refractivity contribution < 1.29 is 35.9 Å². The van der Waals surface area contributed by atoms with Gasteiger partial charge in [0.25, 0.3) is 5.92 Å². The minimum Gasteiger partial charge on any atom is -0.453 e. The summed E-state index contributed by atoms with van der Waals surface area (Å²) in [4.78, 5) is 33.1. The summed E-state index contributed by atoms with van der Waals surface area (Å²) in [7, 11) is -2.35. The Morgan fingerprint density at radius 2 is 1.88 bits per heavy atom. The lowest BCUT2D eigenvalue weighted by Gasteiger charge is -2.37. The first kappa shape index (κ1) is 35.1. The number of sulfonamides is 1. The van der Waals surface area contributed by atoms with Crippen LogP contribution in [0.3, 0.4) is 0 Å². The van der Waals surface area contributed by atoms with Crippen LogP contribution in [0.25, 0.3) is 0 Å². The predicted molar refractivity (Wildman–Crippen MR) is 178 cm³/mol. The van der Waals surface area contributed by atoms with Crippen LogP contribution in [0.1, 0.15) is 54.4 Å². The van der Waals surface area contributed by atoms with Crippen molar-refractivity contribution in [3.63, 3.8) is 0 Å². The lowest BCUT2D eigenvalue weighted by Crippen LogP contribution is -2.53. The molecule has 3 aliphatic heterocycles. The van der Waals surface area contributed by atoms with Crippen molar-refractivity contribution in [1.82, 2.24) is 19.5 Å². The number of halogens is 4. The molecule has 2 aromatic carbocycles. The van der Waals surface area contributed by atoms with Gasteiger partial charge in [-0.3, -0.25) is 14.7 Å². The maximum Gasteiger partial charge on any atom is 0.407 e. The number of nitrogens with one attached hydrogen (secondary N) is 2. The fourth-order valence-electron chi connectivity index (χ4n) is 7.14. The van der Waals surface area contributed by atoms with Gasteiger partial charge in [-0.2, -0.15) is 4.31 Å². The van der Waals surface area contributed by atoms with Crippen molar-refractivity contribution in [3.05, 3.63) is 94.0 Å². The van der Waals surface area contributed by atoms with E-state index in [9.17, 15) is 26.8 Å². The summed E-state index contributed by atoms with van der Waals surface area (Å²) in [5.74, 6) is -5.60. The zero-order valence-electron chi connectivity index (χ0n) is 26.9. The molecule has 3 aromatic rings. The molecule has 2 bridgehead atoms. The molecule has 5 unspecified atom stereocenters. The van der Waals surface area contributed by atoms with Crippen molar-refractivity contribution in [2.75, 3.05) is 31.3 Å². The van der Waals surface area contributed by atoms with Gasteiger partial charge in [0.15, 0.2) is 0 Å². The molecule has 4 heterocycles. The van der Waals surface area contributed by atoms with E-state index < -0.39 is 51.3 Å². The van der Waals surface area contributed by atoms with E-state index in [2.05, 4.69) is 20.5 Å². The molecule has 0 saturated carbocycles. The number of piperazine rings is 1. The molecule has 10 nitrogen and oxygen atoms in total. The molecule has 2 N–H and O–H groups in total. The van der Waals surface area contributed by atoms with Gasteiger partial charge in [-0.25, -0.2) is 26.4 Å². The van der Waals surface area contributed by atoms with Crippen LogP contribution in [0.4, 0.5) is 23.7 Å². The second kappa shape index (κ2) is 13.9. The Morgan fingerprint density at radius 3 is 2.59 bits per heavy atom. The zero-order chi connectivity index (χ0) is 35.1. The monoisotopic (exact) mass is 719 g/mol. The molecule has 3 saturated heterocycles. The Bertz CT molecular complexity index is 1830. The Kier molecular flexibility index (Phi) is 9.95. The molecular formula is C34H37ClF3N5O5S. The molecule has 1 aromatic heterocycles. The largest absolute Gasteiger partial charge is 0.453 e. The second-order valence-electron chi connectivity index (χ2n) is 12.8. The molecule has 49 heavy (non-hydrogen) atoms. The van der Waals surface area contributed by atoms with Gasteiger partial charge in [-0.1, -0.05) is 29.8 Å². The van der Waals surface area contributed by atoms with E-state index in [1.54, 1.807) is 28.6 Å². The number of hydrogen-bond acceptors (Lipinski definition) is 7. The number of rotatable bonds is 10. The number of anilines is 1. The highest BCUT2D eigenvalue weighted by atomic mass is 35.5. The standard InChI is InChI=1S/C34H37ClF3N5O5S/c1-34(37,38)22-15-21(16-39-17-22)30(20-8-10-23(35)11-9-20)31(41-33(45)48-2)32(44)40-27-7-3-6-26(36)25(27)12-13-28-29-19-42(29)24-5-4-14-49(46,47)43(28)18-24/h3,6-11,15-17,24,28-31H,4-5,12-14,18-19H2,1-2H3,(H,40,44)(H,41,45)/t24?,28?,29?,30-,31-,42?/m0/s1. The molecule has 3 fully saturated rings. The maximum atomic E-state index is 15.5. The van der Waals surface area contributed by atoms with Gasteiger partial charge in [0.1, 0.15) is 11.9 Å². The molecule has 15 heteroatoms. The van der Waals surface area contributed by atoms with Gasteiger partial charge < -0.3 is 15.4 Å². The molecule has 3 aliphatic rings. The van der Waals surface area contributed by atoms with Crippen LogP contribution in [-0.2, 0) is 31.9 Å². The number of hydrogen-bond donors (Lipinski definition) is 2. The first-order chi connectivity index (χ1) is 23.3. The van der Waals surface area contributed by atoms with Crippen LogP contribution in [0, 0.1) is 5.82 Å². The normalized spacial score (nSPS) is 25.2. The molecular weight excluding hydrogens is 683 g/mol. The molecule has 262 valence electrons. The van der Waals surface area contributed by atoms with Crippen LogP contribution >= 0.6 is 11.6 Å². The quantitative estimate of drug-likeness (QED) is 0.274. The van der Waals surface area contributed by atoms with E-state index in [1.165, 1.54) is 30.5 Å². The van der Waals surface area contributed by atoms with Gasteiger partial charge in [0, 0.05) is 78.3 Å². The van der Waals surface area contributed by atoms with Crippen LogP contribution in [0.5, 0.6) is 0 Å². The number of nitrogens with zero attached hydrogens (tertiary/aromatic N) is 3. The average molecular weight is 720 g/mol. The summed E-state index contributed by atoms with van der Waals surface area (Å²) in [6, 6.07) is 10.2. The highest BCUT2D eigenvalue weighted by Crippen LogP contribution is 2.41. The summed E-state index contributed by atoms with van der Waals surface area (Å²) in [5, 5.41) is 5.67. The number of alkyl halides is 2. The van der Waals surface area contributed by atoms with Crippen molar-refractivity contribution in [1.29, 1.82) is 0 Å². The number of pyridine rings is 1. The first-order valence-corrected chi connectivity index (χ1v) is 18.0. The lowest BCUT2D eigenvalue weighted by molar-refractivity contribution is -0.118. The Labute approximate surface area is 288 Å². The molecule has 6 rings (SSSR count). The van der Waals surface area contributed by atoms with Crippen LogP contribution in [0.2, 0.25) is 5.02 Å². The number of ether oxygens (including phenoxy) is 1. The summed E-state index contributed by atoms with van der Waals surface area (Å²) in [5.41, 5.74) is 0.543. The Hall–Kier alpha value is -3.72. The number of carbonyl (C=O) groups is 2. The highest BCUT2D eigenvalue weighted by Gasteiger charge is 2.55. The van der Waals surface area contributed by atoms with E-state index in [4.69, 9.17) is 16.3 Å². The zero-order valence-corrected chi connectivity index (χ0v) is 28.5. The molecule has 0 radical (unpaired) electrons. The van der Waals surface area contributed by atoms with Crippen molar-refractivity contribution in [2.45, 2.75) is 68.6 Å². The summed E-state index contributed by atoms with van der Waals surface area (Å²) >= 11 is 6.13. The fourth-order valence-corrected chi connectivity index (χ4v) is 9.09. The van der Waals surface area contributed by atoms with Crippen LogP contribution in [0.15, 0.2) is 60.9 Å². The van der Waals surface area contributed by atoms with Gasteiger partial charge in [-0.15, -0.1) is 0 Å². The second-order valence-corrected chi connectivity index (χ2v) is 15.3. The van der Waals surface area contributed by atoms with Crippen molar-refractivity contribution in [3.8, 4) is 0 Å². The number of alkyl carbamates (subject to hydrolysis) is 1. The van der Waals surface area contributed by atoms with E-state index in [0.29, 0.717) is 30.0 Å². The SMILES string of the molecule is COC(=O)N[C@H](C(=O)Nc1cccc(F)c1CCC1C2CN2C2CCCS(=O)(=O)N1C2)[C@@H](c1ccc(Cl)cc1)c1cncc(C(C)(F)F)c1. The number of methoxy groups -OCH3 is 1. The van der Waals surface area contributed by atoms with E-state index in [1.807, 2.05) is 0 Å². The summed E-state index contributed by atoms with van der Waals surface area (Å²) < 4.78 is 77.0. The van der Waals surface area contributed by atoms with Gasteiger partial charge in [-0.05, 0) is 67.1 Å². The molecule has 0 aliphatic carbocycles. The Balaban J connectivity index is 1.32. The predicted octanol–water partition coefficient (Wildman–Crippen LogP) is 5.27. The third-order valence-corrected chi connectivity index (χ3v) is 11.8. The van der Waals surface area contributed by atoms with Crippen LogP contribution in [-0.4, -0.2) is 84.7 Å². The number of fused-ring (bicyclic) bond motifs is 4. The van der Waals surface area contributed by atoms with Gasteiger partial charge in [0.05, 0.1) is 12.9 Å². The van der Waals surface area contributed by atoms with Crippen LogP contribution < -0.4 is 10.6 Å². The minimum atomic E-state index is -3.46. The summed E-state index contributed by atoms with van der Waals surface area (Å²) in [6.45, 7) is 1.93. The lowest BCUT2D eigenvalue weighted by atomic mass is 9.84. The average Bonchev–Trinajstić information content (AvgIpc) is 3.87. The van der Waals surface area contributed by atoms with Gasteiger partial charge >= 0.3 is 6.09 Å². The van der Waals surface area contributed by atoms with Crippen molar-refractivity contribution in [2.24, 2.45) is 0 Å². The molecule has 0 spiro atoms. The minimum absolute atomic E-state index is 0.0603. The van der Waals surface area contributed by atoms with Crippen molar-refractivity contribution >= 4 is 39.3 Å². The number of benzene rings is 2.